The van der Waals surface area contributed by atoms with Crippen molar-refractivity contribution < 1.29 is 9.18 Å². The lowest BCUT2D eigenvalue weighted by Gasteiger charge is -2.24. The number of aliphatic imine (C=N–C) groups is 1. The van der Waals surface area contributed by atoms with Crippen LogP contribution in [-0.4, -0.2) is 40.1 Å². The molecule has 3 rings (SSSR count). The maximum atomic E-state index is 13.5. The summed E-state index contributed by atoms with van der Waals surface area (Å²) in [5.74, 6) is 0.615. The average Bonchev–Trinajstić information content (AvgIpc) is 3.20. The molecule has 0 aliphatic carbocycles. The molecular formula is C22H27FN4OS. The third-order valence-electron chi connectivity index (χ3n) is 4.95. The Morgan fingerprint density at radius 3 is 2.79 bits per heavy atom. The molecule has 29 heavy (non-hydrogen) atoms. The first-order valence-electron chi connectivity index (χ1n) is 9.75. The molecule has 5 nitrogen and oxygen atoms in total. The third kappa shape index (κ3) is 4.90. The van der Waals surface area contributed by atoms with E-state index in [9.17, 15) is 9.18 Å². The molecule has 1 aromatic heterocycles. The van der Waals surface area contributed by atoms with Gasteiger partial charge in [0.05, 0.1) is 36.0 Å². The van der Waals surface area contributed by atoms with Gasteiger partial charge < -0.3 is 9.80 Å². The number of carbonyl (C=O) groups is 1. The highest BCUT2D eigenvalue weighted by Crippen LogP contribution is 2.28. The van der Waals surface area contributed by atoms with Crippen molar-refractivity contribution in [2.75, 3.05) is 13.6 Å². The van der Waals surface area contributed by atoms with Crippen molar-refractivity contribution in [1.29, 1.82) is 0 Å². The van der Waals surface area contributed by atoms with Crippen molar-refractivity contribution in [3.63, 3.8) is 0 Å². The van der Waals surface area contributed by atoms with E-state index in [2.05, 4.69) is 23.5 Å². The summed E-state index contributed by atoms with van der Waals surface area (Å²) < 4.78 is 13.5. The lowest BCUT2D eigenvalue weighted by atomic mass is 10.1. The molecule has 0 saturated carbocycles. The molecule has 0 bridgehead atoms. The SMILES string of the molecule is C=C(N=C(CCC)N(C)CC(=O)N1Cc2nc(C)sc2C1)c1ccc(F)c(C)c1. The molecule has 0 unspecified atom stereocenters. The first kappa shape index (κ1) is 21.2. The summed E-state index contributed by atoms with van der Waals surface area (Å²) in [7, 11) is 1.88. The predicted molar refractivity (Wildman–Crippen MR) is 116 cm³/mol. The first-order valence-corrected chi connectivity index (χ1v) is 10.6. The third-order valence-corrected chi connectivity index (χ3v) is 5.95. The maximum absolute atomic E-state index is 13.5. The van der Waals surface area contributed by atoms with Crippen molar-refractivity contribution in [1.82, 2.24) is 14.8 Å². The van der Waals surface area contributed by atoms with Gasteiger partial charge in [0.2, 0.25) is 5.91 Å². The van der Waals surface area contributed by atoms with Gasteiger partial charge in [-0.1, -0.05) is 13.5 Å². The van der Waals surface area contributed by atoms with E-state index in [1.807, 2.05) is 23.8 Å². The second-order valence-electron chi connectivity index (χ2n) is 7.40. The van der Waals surface area contributed by atoms with Crippen molar-refractivity contribution in [2.45, 2.75) is 46.7 Å². The van der Waals surface area contributed by atoms with Gasteiger partial charge in [0.15, 0.2) is 0 Å². The summed E-state index contributed by atoms with van der Waals surface area (Å²) in [5.41, 5.74) is 2.93. The van der Waals surface area contributed by atoms with Gasteiger partial charge in [-0.25, -0.2) is 14.4 Å². The second-order valence-corrected chi connectivity index (χ2v) is 8.69. The Hall–Kier alpha value is -2.54. The molecule has 2 aromatic rings. The van der Waals surface area contributed by atoms with Crippen molar-refractivity contribution in [3.05, 3.63) is 57.3 Å². The molecular weight excluding hydrogens is 387 g/mol. The number of carbonyl (C=O) groups excluding carboxylic acids is 1. The van der Waals surface area contributed by atoms with E-state index >= 15 is 0 Å². The molecule has 0 spiro atoms. The standard InChI is InChI=1S/C22H27FN4OS/c1-6-7-21(24-15(3)17-8-9-18(23)14(2)10-17)26(5)13-22(28)27-11-19-20(12-27)29-16(4)25-19/h8-10H,3,6-7,11-13H2,1-2,4-5H3. The van der Waals surface area contributed by atoms with Crippen LogP contribution >= 0.6 is 11.3 Å². The topological polar surface area (TPSA) is 48.8 Å². The van der Waals surface area contributed by atoms with E-state index in [1.54, 1.807) is 30.4 Å². The molecule has 1 aliphatic rings. The monoisotopic (exact) mass is 414 g/mol. The number of fused-ring (bicyclic) bond motifs is 1. The smallest absolute Gasteiger partial charge is 0.242 e. The molecule has 0 saturated heterocycles. The second kappa shape index (κ2) is 8.86. The molecule has 0 N–H and O–H groups in total. The number of nitrogens with zero attached hydrogens (tertiary/aromatic N) is 4. The largest absolute Gasteiger partial charge is 0.354 e. The number of hydrogen-bond donors (Lipinski definition) is 0. The normalized spacial score (nSPS) is 13.6. The Labute approximate surface area is 175 Å². The van der Waals surface area contributed by atoms with Crippen molar-refractivity contribution in [3.8, 4) is 0 Å². The maximum Gasteiger partial charge on any atom is 0.242 e. The van der Waals surface area contributed by atoms with Crippen LogP contribution in [0.3, 0.4) is 0 Å². The van der Waals surface area contributed by atoms with Crippen molar-refractivity contribution >= 4 is 28.8 Å². The van der Waals surface area contributed by atoms with Gasteiger partial charge in [-0.05, 0) is 44.0 Å². The highest BCUT2D eigenvalue weighted by molar-refractivity contribution is 7.11. The molecule has 7 heteroatoms. The van der Waals surface area contributed by atoms with Crippen LogP contribution in [0.5, 0.6) is 0 Å². The fraction of sp³-hybridized carbons (Fsp3) is 0.409. The number of thiazole rings is 1. The summed E-state index contributed by atoms with van der Waals surface area (Å²) in [6.45, 7) is 11.3. The summed E-state index contributed by atoms with van der Waals surface area (Å²) in [5, 5.41) is 1.05. The van der Waals surface area contributed by atoms with E-state index in [0.717, 1.165) is 34.9 Å². The summed E-state index contributed by atoms with van der Waals surface area (Å²) in [4.78, 5) is 26.9. The van der Waals surface area contributed by atoms with E-state index in [1.165, 1.54) is 10.9 Å². The molecule has 0 atom stereocenters. The molecule has 1 aliphatic heterocycles. The van der Waals surface area contributed by atoms with Gasteiger partial charge in [0, 0.05) is 23.9 Å². The number of halogens is 1. The molecule has 0 radical (unpaired) electrons. The zero-order valence-corrected chi connectivity index (χ0v) is 18.3. The fourth-order valence-electron chi connectivity index (χ4n) is 3.34. The van der Waals surface area contributed by atoms with E-state index in [-0.39, 0.29) is 18.3 Å². The van der Waals surface area contributed by atoms with Gasteiger partial charge >= 0.3 is 0 Å². The highest BCUT2D eigenvalue weighted by Gasteiger charge is 2.27. The van der Waals surface area contributed by atoms with Crippen LogP contribution < -0.4 is 0 Å². The van der Waals surface area contributed by atoms with Crippen molar-refractivity contribution in [2.24, 2.45) is 4.99 Å². The fourth-order valence-corrected chi connectivity index (χ4v) is 4.30. The Balaban J connectivity index is 1.68. The summed E-state index contributed by atoms with van der Waals surface area (Å²) >= 11 is 1.66. The predicted octanol–water partition coefficient (Wildman–Crippen LogP) is 4.54. The van der Waals surface area contributed by atoms with Gasteiger partial charge in [-0.15, -0.1) is 11.3 Å². The minimum absolute atomic E-state index is 0.0578. The van der Waals surface area contributed by atoms with Gasteiger partial charge in [-0.2, -0.15) is 0 Å². The Kier molecular flexibility index (Phi) is 6.47. The number of likely N-dealkylation sites (N-methyl/N-ethyl adjacent to an activating group) is 1. The number of amidine groups is 1. The van der Waals surface area contributed by atoms with E-state index in [4.69, 9.17) is 0 Å². The van der Waals surface area contributed by atoms with E-state index < -0.39 is 0 Å². The number of aryl methyl sites for hydroxylation is 2. The molecule has 2 heterocycles. The average molecular weight is 415 g/mol. The van der Waals surface area contributed by atoms with Crippen LogP contribution in [0.25, 0.3) is 5.70 Å². The molecule has 1 amide bonds. The minimum atomic E-state index is -0.245. The lowest BCUT2D eigenvalue weighted by molar-refractivity contribution is -0.132. The zero-order chi connectivity index (χ0) is 21.1. The quantitative estimate of drug-likeness (QED) is 0.515. The zero-order valence-electron chi connectivity index (χ0n) is 17.5. The van der Waals surface area contributed by atoms with Crippen LogP contribution in [0.4, 0.5) is 4.39 Å². The van der Waals surface area contributed by atoms with E-state index in [0.29, 0.717) is 24.4 Å². The van der Waals surface area contributed by atoms with Crippen LogP contribution in [0, 0.1) is 19.7 Å². The minimum Gasteiger partial charge on any atom is -0.354 e. The number of aromatic nitrogens is 1. The van der Waals surface area contributed by atoms with Gasteiger partial charge in [0.1, 0.15) is 11.7 Å². The lowest BCUT2D eigenvalue weighted by Crippen LogP contribution is -2.39. The van der Waals surface area contributed by atoms with Crippen LogP contribution in [0.15, 0.2) is 29.8 Å². The Bertz CT molecular complexity index is 942. The number of rotatable bonds is 6. The Morgan fingerprint density at radius 1 is 1.38 bits per heavy atom. The molecule has 1 aromatic carbocycles. The van der Waals surface area contributed by atoms with Gasteiger partial charge in [-0.3, -0.25) is 4.79 Å². The van der Waals surface area contributed by atoms with Gasteiger partial charge in [0.25, 0.3) is 0 Å². The number of amides is 1. The van der Waals surface area contributed by atoms with Crippen LogP contribution in [-0.2, 0) is 17.9 Å². The Morgan fingerprint density at radius 2 is 2.14 bits per heavy atom. The van der Waals surface area contributed by atoms with Crippen LogP contribution in [0.2, 0.25) is 0 Å². The summed E-state index contributed by atoms with van der Waals surface area (Å²) in [6.07, 6.45) is 1.63. The first-order chi connectivity index (χ1) is 13.8. The van der Waals surface area contributed by atoms with Crippen LogP contribution in [0.1, 0.15) is 46.5 Å². The summed E-state index contributed by atoms with van der Waals surface area (Å²) in [6, 6.07) is 4.86. The molecule has 0 fully saturated rings. The number of hydrogen-bond acceptors (Lipinski definition) is 4. The number of benzene rings is 1. The molecule has 154 valence electrons. The highest BCUT2D eigenvalue weighted by atomic mass is 32.1.